The molecule has 1 saturated heterocycles. The fraction of sp³-hybridized carbons (Fsp3) is 0.588. The van der Waals surface area contributed by atoms with E-state index in [1.807, 2.05) is 36.9 Å². The fourth-order valence-corrected chi connectivity index (χ4v) is 3.41. The van der Waals surface area contributed by atoms with Crippen LogP contribution in [0.5, 0.6) is 5.75 Å². The number of halogens is 2. The first-order valence-electron chi connectivity index (χ1n) is 7.89. The molecule has 0 aliphatic carbocycles. The van der Waals surface area contributed by atoms with E-state index >= 15 is 0 Å². The highest BCUT2D eigenvalue weighted by Gasteiger charge is 2.29. The Kier molecular flexibility index (Phi) is 7.84. The van der Waals surface area contributed by atoms with Crippen LogP contribution in [-0.4, -0.2) is 36.0 Å². The molecule has 1 aromatic rings. The zero-order chi connectivity index (χ0) is 16.3. The number of hydrogen-bond acceptors (Lipinski definition) is 3. The molecule has 1 heterocycles. The molecule has 2 N–H and O–H groups in total. The van der Waals surface area contributed by atoms with E-state index in [1.54, 1.807) is 0 Å². The third kappa shape index (κ3) is 5.37. The minimum atomic E-state index is 0. The van der Waals surface area contributed by atoms with Crippen molar-refractivity contribution in [1.29, 1.82) is 0 Å². The summed E-state index contributed by atoms with van der Waals surface area (Å²) in [5, 5.41) is 0. The maximum atomic E-state index is 12.9. The number of carbonyl (C=O) groups is 1. The number of likely N-dealkylation sites (tertiary alicyclic amines) is 1. The van der Waals surface area contributed by atoms with Crippen LogP contribution in [0.3, 0.4) is 0 Å². The van der Waals surface area contributed by atoms with Gasteiger partial charge in [-0.1, -0.05) is 22.9 Å². The second-order valence-electron chi connectivity index (χ2n) is 6.36. The van der Waals surface area contributed by atoms with Crippen LogP contribution in [0, 0.1) is 5.92 Å². The van der Waals surface area contributed by atoms with Crippen molar-refractivity contribution in [2.45, 2.75) is 45.8 Å². The molecule has 2 atom stereocenters. The van der Waals surface area contributed by atoms with Gasteiger partial charge in [-0.05, 0) is 50.8 Å². The molecular formula is C17H26BrClN2O2. The van der Waals surface area contributed by atoms with Gasteiger partial charge in [-0.25, -0.2) is 0 Å². The number of nitrogens with zero attached hydrogens (tertiary/aromatic N) is 1. The van der Waals surface area contributed by atoms with Gasteiger partial charge in [-0.3, -0.25) is 4.79 Å². The zero-order valence-corrected chi connectivity index (χ0v) is 16.3. The largest absolute Gasteiger partial charge is 0.491 e. The van der Waals surface area contributed by atoms with Gasteiger partial charge in [0.15, 0.2) is 0 Å². The third-order valence-corrected chi connectivity index (χ3v) is 4.46. The Morgan fingerprint density at radius 3 is 2.74 bits per heavy atom. The van der Waals surface area contributed by atoms with Crippen molar-refractivity contribution in [2.75, 3.05) is 13.1 Å². The van der Waals surface area contributed by atoms with Gasteiger partial charge in [0.1, 0.15) is 5.75 Å². The first-order valence-corrected chi connectivity index (χ1v) is 8.68. The second-order valence-corrected chi connectivity index (χ2v) is 7.28. The lowest BCUT2D eigenvalue weighted by molar-refractivity contribution is 0.0573. The van der Waals surface area contributed by atoms with Crippen LogP contribution in [0.2, 0.25) is 0 Å². The van der Waals surface area contributed by atoms with Crippen LogP contribution in [0.4, 0.5) is 0 Å². The molecule has 130 valence electrons. The van der Waals surface area contributed by atoms with E-state index in [0.29, 0.717) is 23.8 Å². The third-order valence-electron chi connectivity index (χ3n) is 4.00. The standard InChI is InChI=1S/C17H25BrN2O2.ClH/c1-11(2)22-16-8-13(7-14(18)9-16)17(21)20-5-4-12(3)6-15(20)10-19;/h7-9,11-12,15H,4-6,10,19H2,1-3H3;1H. The maximum Gasteiger partial charge on any atom is 0.254 e. The summed E-state index contributed by atoms with van der Waals surface area (Å²) in [5.74, 6) is 1.37. The van der Waals surface area contributed by atoms with E-state index in [-0.39, 0.29) is 30.5 Å². The molecule has 2 rings (SSSR count). The zero-order valence-electron chi connectivity index (χ0n) is 13.9. The molecule has 0 radical (unpaired) electrons. The Hall–Kier alpha value is -0.780. The number of hydrogen-bond donors (Lipinski definition) is 1. The molecule has 23 heavy (non-hydrogen) atoms. The summed E-state index contributed by atoms with van der Waals surface area (Å²) in [6.07, 6.45) is 2.09. The Morgan fingerprint density at radius 1 is 1.43 bits per heavy atom. The van der Waals surface area contributed by atoms with Crippen molar-refractivity contribution in [1.82, 2.24) is 4.90 Å². The summed E-state index contributed by atoms with van der Waals surface area (Å²) in [6.45, 7) is 7.45. The lowest BCUT2D eigenvalue weighted by Crippen LogP contribution is -2.49. The van der Waals surface area contributed by atoms with Gasteiger partial charge < -0.3 is 15.4 Å². The SMILES string of the molecule is CC1CCN(C(=O)c2cc(Br)cc(OC(C)C)c2)C(CN)C1.Cl. The normalized spacial score (nSPS) is 21.0. The number of piperidine rings is 1. The monoisotopic (exact) mass is 404 g/mol. The van der Waals surface area contributed by atoms with Crippen LogP contribution in [0.15, 0.2) is 22.7 Å². The molecule has 1 aliphatic rings. The predicted octanol–water partition coefficient (Wildman–Crippen LogP) is 3.86. The summed E-state index contributed by atoms with van der Waals surface area (Å²) in [4.78, 5) is 14.8. The molecular weight excluding hydrogens is 380 g/mol. The molecule has 0 saturated carbocycles. The molecule has 1 amide bonds. The van der Waals surface area contributed by atoms with Crippen molar-refractivity contribution in [3.8, 4) is 5.75 Å². The van der Waals surface area contributed by atoms with Crippen molar-refractivity contribution >= 4 is 34.2 Å². The predicted molar refractivity (Wildman–Crippen MR) is 99.4 cm³/mol. The Morgan fingerprint density at radius 2 is 2.13 bits per heavy atom. The molecule has 6 heteroatoms. The minimum Gasteiger partial charge on any atom is -0.491 e. The average molecular weight is 406 g/mol. The summed E-state index contributed by atoms with van der Waals surface area (Å²) < 4.78 is 6.57. The second kappa shape index (κ2) is 8.90. The molecule has 0 aromatic heterocycles. The number of carbonyl (C=O) groups excluding carboxylic acids is 1. The van der Waals surface area contributed by atoms with Gasteiger partial charge in [-0.2, -0.15) is 0 Å². The van der Waals surface area contributed by atoms with E-state index in [2.05, 4.69) is 22.9 Å². The average Bonchev–Trinajstić information content (AvgIpc) is 2.45. The topological polar surface area (TPSA) is 55.6 Å². The molecule has 0 bridgehead atoms. The molecule has 1 aliphatic heterocycles. The van der Waals surface area contributed by atoms with Crippen LogP contribution in [0.1, 0.15) is 44.0 Å². The Bertz CT molecular complexity index is 539. The van der Waals surface area contributed by atoms with E-state index in [1.165, 1.54) is 0 Å². The van der Waals surface area contributed by atoms with Crippen molar-refractivity contribution < 1.29 is 9.53 Å². The fourth-order valence-electron chi connectivity index (χ4n) is 2.93. The highest BCUT2D eigenvalue weighted by Crippen LogP contribution is 2.27. The van der Waals surface area contributed by atoms with Gasteiger partial charge in [0.2, 0.25) is 0 Å². The van der Waals surface area contributed by atoms with Crippen molar-refractivity contribution in [3.05, 3.63) is 28.2 Å². The number of amides is 1. The Balaban J connectivity index is 0.00000264. The highest BCUT2D eigenvalue weighted by molar-refractivity contribution is 9.10. The van der Waals surface area contributed by atoms with Gasteiger partial charge in [0, 0.05) is 29.2 Å². The van der Waals surface area contributed by atoms with Gasteiger partial charge in [0.25, 0.3) is 5.91 Å². The number of ether oxygens (including phenoxy) is 1. The first-order chi connectivity index (χ1) is 10.4. The van der Waals surface area contributed by atoms with E-state index in [0.717, 1.165) is 23.9 Å². The van der Waals surface area contributed by atoms with Crippen LogP contribution < -0.4 is 10.5 Å². The molecule has 2 unspecified atom stereocenters. The van der Waals surface area contributed by atoms with E-state index in [4.69, 9.17) is 10.5 Å². The number of nitrogens with two attached hydrogens (primary N) is 1. The molecule has 1 fully saturated rings. The maximum absolute atomic E-state index is 12.9. The summed E-state index contributed by atoms with van der Waals surface area (Å²) in [6, 6.07) is 5.68. The Labute approximate surface area is 153 Å². The van der Waals surface area contributed by atoms with Crippen molar-refractivity contribution in [2.24, 2.45) is 11.7 Å². The van der Waals surface area contributed by atoms with E-state index in [9.17, 15) is 4.79 Å². The van der Waals surface area contributed by atoms with Gasteiger partial charge in [-0.15, -0.1) is 12.4 Å². The quantitative estimate of drug-likeness (QED) is 0.827. The molecule has 4 nitrogen and oxygen atoms in total. The lowest BCUT2D eigenvalue weighted by atomic mass is 9.92. The molecule has 1 aromatic carbocycles. The number of rotatable bonds is 4. The summed E-state index contributed by atoms with van der Waals surface area (Å²) in [7, 11) is 0. The van der Waals surface area contributed by atoms with Crippen LogP contribution in [-0.2, 0) is 0 Å². The van der Waals surface area contributed by atoms with Crippen LogP contribution >= 0.6 is 28.3 Å². The first kappa shape index (κ1) is 20.3. The summed E-state index contributed by atoms with van der Waals surface area (Å²) >= 11 is 3.46. The van der Waals surface area contributed by atoms with Crippen molar-refractivity contribution in [3.63, 3.8) is 0 Å². The smallest absolute Gasteiger partial charge is 0.254 e. The highest BCUT2D eigenvalue weighted by atomic mass is 79.9. The van der Waals surface area contributed by atoms with E-state index < -0.39 is 0 Å². The number of benzene rings is 1. The summed E-state index contributed by atoms with van der Waals surface area (Å²) in [5.41, 5.74) is 6.52. The van der Waals surface area contributed by atoms with Crippen LogP contribution in [0.25, 0.3) is 0 Å². The van der Waals surface area contributed by atoms with Gasteiger partial charge in [0.05, 0.1) is 6.10 Å². The minimum absolute atomic E-state index is 0. The lowest BCUT2D eigenvalue weighted by Gasteiger charge is -2.38. The molecule has 0 spiro atoms. The van der Waals surface area contributed by atoms with Gasteiger partial charge >= 0.3 is 0 Å².